The third kappa shape index (κ3) is 5.60. The van der Waals surface area contributed by atoms with Crippen LogP contribution in [0.2, 0.25) is 0 Å². The van der Waals surface area contributed by atoms with Crippen LogP contribution < -0.4 is 20.9 Å². The molecular formula is C13H21N3O4S. The van der Waals surface area contributed by atoms with Crippen molar-refractivity contribution in [3.05, 3.63) is 24.3 Å². The molecule has 1 amide bonds. The molecule has 0 saturated heterocycles. The first kappa shape index (κ1) is 17.3. The number of benzene rings is 1. The van der Waals surface area contributed by atoms with E-state index in [0.717, 1.165) is 0 Å². The molecule has 21 heavy (non-hydrogen) atoms. The van der Waals surface area contributed by atoms with E-state index in [1.54, 1.807) is 38.1 Å². The highest BCUT2D eigenvalue weighted by Crippen LogP contribution is 2.19. The average molecular weight is 315 g/mol. The molecule has 0 aromatic heterocycles. The number of anilines is 1. The molecule has 0 aliphatic heterocycles. The lowest BCUT2D eigenvalue weighted by molar-refractivity contribution is -0.125. The highest BCUT2D eigenvalue weighted by atomic mass is 32.2. The van der Waals surface area contributed by atoms with Crippen molar-refractivity contribution in [3.63, 3.8) is 0 Å². The molecule has 0 atom stereocenters. The molecule has 0 saturated carbocycles. The lowest BCUT2D eigenvalue weighted by Crippen LogP contribution is -2.43. The lowest BCUT2D eigenvalue weighted by Gasteiger charge is -2.20. The van der Waals surface area contributed by atoms with Gasteiger partial charge in [-0.3, -0.25) is 4.79 Å². The first-order valence-electron chi connectivity index (χ1n) is 6.38. The van der Waals surface area contributed by atoms with E-state index in [2.05, 4.69) is 4.72 Å². The monoisotopic (exact) mass is 315 g/mol. The SMILES string of the molecule is CC(C)(CNS(=O)(=O)CCOc1ccccc1N)C(N)=O. The van der Waals surface area contributed by atoms with Gasteiger partial charge in [-0.15, -0.1) is 0 Å². The van der Waals surface area contributed by atoms with Gasteiger partial charge in [0.05, 0.1) is 16.9 Å². The number of nitrogens with two attached hydrogens (primary N) is 2. The molecule has 1 aromatic carbocycles. The Morgan fingerprint density at radius 3 is 2.52 bits per heavy atom. The Labute approximate surface area is 124 Å². The van der Waals surface area contributed by atoms with Crippen molar-refractivity contribution >= 4 is 21.6 Å². The number of carbonyl (C=O) groups is 1. The minimum absolute atomic E-state index is 0.0411. The number of carbonyl (C=O) groups excluding carboxylic acids is 1. The summed E-state index contributed by atoms with van der Waals surface area (Å²) in [4.78, 5) is 11.1. The van der Waals surface area contributed by atoms with Gasteiger partial charge >= 0.3 is 0 Å². The van der Waals surface area contributed by atoms with Gasteiger partial charge in [0, 0.05) is 6.54 Å². The summed E-state index contributed by atoms with van der Waals surface area (Å²) in [6.45, 7) is 3.04. The van der Waals surface area contributed by atoms with Gasteiger partial charge in [0.2, 0.25) is 15.9 Å². The number of primary amides is 1. The molecule has 0 unspecified atom stereocenters. The predicted molar refractivity (Wildman–Crippen MR) is 81.1 cm³/mol. The van der Waals surface area contributed by atoms with Gasteiger partial charge in [0.25, 0.3) is 0 Å². The molecule has 0 aliphatic rings. The second-order valence-electron chi connectivity index (χ2n) is 5.27. The van der Waals surface area contributed by atoms with Gasteiger partial charge in [-0.05, 0) is 26.0 Å². The number of nitrogen functional groups attached to an aromatic ring is 1. The maximum absolute atomic E-state index is 11.8. The highest BCUT2D eigenvalue weighted by Gasteiger charge is 2.26. The quantitative estimate of drug-likeness (QED) is 0.586. The summed E-state index contributed by atoms with van der Waals surface area (Å²) in [5, 5.41) is 0. The maximum Gasteiger partial charge on any atom is 0.224 e. The van der Waals surface area contributed by atoms with Crippen LogP contribution in [-0.2, 0) is 14.8 Å². The Morgan fingerprint density at radius 1 is 1.33 bits per heavy atom. The summed E-state index contributed by atoms with van der Waals surface area (Å²) in [5.74, 6) is -0.375. The largest absolute Gasteiger partial charge is 0.490 e. The van der Waals surface area contributed by atoms with Crippen LogP contribution in [0.5, 0.6) is 5.75 Å². The van der Waals surface area contributed by atoms with Crippen molar-refractivity contribution in [1.82, 2.24) is 4.72 Å². The number of rotatable bonds is 8. The van der Waals surface area contributed by atoms with Crippen LogP contribution in [0, 0.1) is 5.41 Å². The predicted octanol–water partition coefficient (Wildman–Crippen LogP) is 0.0785. The molecule has 0 bridgehead atoms. The van der Waals surface area contributed by atoms with Crippen LogP contribution in [0.25, 0.3) is 0 Å². The van der Waals surface area contributed by atoms with Gasteiger partial charge in [-0.25, -0.2) is 13.1 Å². The Balaban J connectivity index is 2.47. The van der Waals surface area contributed by atoms with Crippen LogP contribution in [0.15, 0.2) is 24.3 Å². The molecule has 0 aliphatic carbocycles. The minimum atomic E-state index is -3.55. The minimum Gasteiger partial charge on any atom is -0.490 e. The number of nitrogens with one attached hydrogen (secondary N) is 1. The van der Waals surface area contributed by atoms with E-state index in [1.165, 1.54) is 0 Å². The summed E-state index contributed by atoms with van der Waals surface area (Å²) >= 11 is 0. The van der Waals surface area contributed by atoms with Crippen molar-refractivity contribution < 1.29 is 17.9 Å². The average Bonchev–Trinajstić information content (AvgIpc) is 2.39. The normalized spacial score (nSPS) is 12.1. The van der Waals surface area contributed by atoms with E-state index in [1.807, 2.05) is 0 Å². The summed E-state index contributed by atoms with van der Waals surface area (Å²) in [6, 6.07) is 6.82. The molecule has 0 fully saturated rings. The van der Waals surface area contributed by atoms with Crippen LogP contribution >= 0.6 is 0 Å². The van der Waals surface area contributed by atoms with Gasteiger partial charge in [-0.2, -0.15) is 0 Å². The number of para-hydroxylation sites is 2. The molecule has 7 nitrogen and oxygen atoms in total. The van der Waals surface area contributed by atoms with Gasteiger partial charge in [-0.1, -0.05) is 12.1 Å². The first-order valence-corrected chi connectivity index (χ1v) is 8.04. The molecular weight excluding hydrogens is 294 g/mol. The molecule has 0 spiro atoms. The zero-order valence-corrected chi connectivity index (χ0v) is 12.9. The smallest absolute Gasteiger partial charge is 0.224 e. The van der Waals surface area contributed by atoms with Crippen molar-refractivity contribution in [2.75, 3.05) is 24.6 Å². The topological polar surface area (TPSA) is 125 Å². The fourth-order valence-electron chi connectivity index (χ4n) is 1.32. The van der Waals surface area contributed by atoms with Crippen LogP contribution in [0.1, 0.15) is 13.8 Å². The van der Waals surface area contributed by atoms with Crippen molar-refractivity contribution in [1.29, 1.82) is 0 Å². The van der Waals surface area contributed by atoms with Crippen molar-refractivity contribution in [2.45, 2.75) is 13.8 Å². The van der Waals surface area contributed by atoms with E-state index in [-0.39, 0.29) is 18.9 Å². The Bertz CT molecular complexity index is 599. The number of hydrogen-bond acceptors (Lipinski definition) is 5. The van der Waals surface area contributed by atoms with E-state index < -0.39 is 21.3 Å². The molecule has 0 radical (unpaired) electrons. The lowest BCUT2D eigenvalue weighted by atomic mass is 9.93. The van der Waals surface area contributed by atoms with Crippen molar-refractivity contribution in [3.8, 4) is 5.75 Å². The summed E-state index contributed by atoms with van der Waals surface area (Å²) in [6.07, 6.45) is 0. The third-order valence-electron chi connectivity index (χ3n) is 2.93. The number of ether oxygens (including phenoxy) is 1. The van der Waals surface area contributed by atoms with E-state index in [9.17, 15) is 13.2 Å². The van der Waals surface area contributed by atoms with Crippen LogP contribution in [0.4, 0.5) is 5.69 Å². The van der Waals surface area contributed by atoms with Gasteiger partial charge in [0.15, 0.2) is 0 Å². The number of amides is 1. The molecule has 0 heterocycles. The highest BCUT2D eigenvalue weighted by molar-refractivity contribution is 7.89. The zero-order valence-electron chi connectivity index (χ0n) is 12.1. The molecule has 5 N–H and O–H groups in total. The van der Waals surface area contributed by atoms with E-state index >= 15 is 0 Å². The first-order chi connectivity index (χ1) is 9.64. The Kier molecular flexibility index (Phi) is 5.56. The fraction of sp³-hybridized carbons (Fsp3) is 0.462. The number of sulfonamides is 1. The second-order valence-corrected chi connectivity index (χ2v) is 7.20. The summed E-state index contributed by atoms with van der Waals surface area (Å²) in [5.41, 5.74) is 10.4. The fourth-order valence-corrected chi connectivity index (χ4v) is 2.35. The summed E-state index contributed by atoms with van der Waals surface area (Å²) in [7, 11) is -3.55. The standard InChI is InChI=1S/C13H21N3O4S/c1-13(2,12(15)17)9-16-21(18,19)8-7-20-11-6-4-3-5-10(11)14/h3-6,16H,7-9,14H2,1-2H3,(H2,15,17). The van der Waals surface area contributed by atoms with E-state index in [4.69, 9.17) is 16.2 Å². The Hall–Kier alpha value is -1.80. The van der Waals surface area contributed by atoms with E-state index in [0.29, 0.717) is 11.4 Å². The van der Waals surface area contributed by atoms with Gasteiger partial charge in [0.1, 0.15) is 12.4 Å². The molecule has 1 aromatic rings. The zero-order chi connectivity index (χ0) is 16.1. The molecule has 118 valence electrons. The molecule has 1 rings (SSSR count). The van der Waals surface area contributed by atoms with Gasteiger partial charge < -0.3 is 16.2 Å². The maximum atomic E-state index is 11.8. The summed E-state index contributed by atoms with van der Waals surface area (Å²) < 4.78 is 31.3. The number of hydrogen-bond donors (Lipinski definition) is 3. The second kappa shape index (κ2) is 6.77. The Morgan fingerprint density at radius 2 is 1.95 bits per heavy atom. The van der Waals surface area contributed by atoms with Crippen molar-refractivity contribution in [2.24, 2.45) is 11.1 Å². The van der Waals surface area contributed by atoms with Crippen LogP contribution in [-0.4, -0.2) is 33.2 Å². The third-order valence-corrected chi connectivity index (χ3v) is 4.22. The molecule has 8 heteroatoms. The van der Waals surface area contributed by atoms with Crippen LogP contribution in [0.3, 0.4) is 0 Å².